The number of nitrogens with zero attached hydrogens (tertiary/aromatic N) is 1. The maximum Gasteiger partial charge on any atom is 0.315 e. The zero-order valence-electron chi connectivity index (χ0n) is 10.5. The molecule has 2 amide bonds. The van der Waals surface area contributed by atoms with Crippen molar-refractivity contribution < 1.29 is 19.4 Å². The standard InChI is InChI=1S/C11H16N4O4/c1-11(9(16)17)6-19-5-7(11)15-10(18)14-4-8-12-2-3-13-8/h2-3,7H,4-6H2,1H3,(H,12,13)(H,16,17)(H2,14,15,18). The Kier molecular flexibility index (Phi) is 3.70. The molecular formula is C11H16N4O4. The fraction of sp³-hybridized carbons (Fsp3) is 0.545. The Bertz CT molecular complexity index is 461. The smallest absolute Gasteiger partial charge is 0.315 e. The number of ether oxygens (including phenoxy) is 1. The fourth-order valence-corrected chi connectivity index (χ4v) is 1.85. The number of rotatable bonds is 4. The maximum atomic E-state index is 11.7. The Hall–Kier alpha value is -2.09. The van der Waals surface area contributed by atoms with Crippen LogP contribution in [0, 0.1) is 5.41 Å². The molecule has 4 N–H and O–H groups in total. The molecule has 8 heteroatoms. The molecule has 2 rings (SSSR count). The topological polar surface area (TPSA) is 116 Å². The van der Waals surface area contributed by atoms with Gasteiger partial charge in [0.15, 0.2) is 0 Å². The van der Waals surface area contributed by atoms with Crippen molar-refractivity contribution in [2.24, 2.45) is 5.41 Å². The molecule has 2 atom stereocenters. The van der Waals surface area contributed by atoms with E-state index in [2.05, 4.69) is 20.6 Å². The van der Waals surface area contributed by atoms with Gasteiger partial charge in [0.05, 0.1) is 25.8 Å². The molecule has 0 aromatic carbocycles. The third-order valence-corrected chi connectivity index (χ3v) is 3.22. The second-order valence-corrected chi connectivity index (χ2v) is 4.65. The van der Waals surface area contributed by atoms with Gasteiger partial charge in [-0.15, -0.1) is 0 Å². The van der Waals surface area contributed by atoms with E-state index in [0.29, 0.717) is 5.82 Å². The number of carbonyl (C=O) groups is 2. The molecule has 8 nitrogen and oxygen atoms in total. The second-order valence-electron chi connectivity index (χ2n) is 4.65. The molecule has 104 valence electrons. The van der Waals surface area contributed by atoms with Crippen LogP contribution in [0.5, 0.6) is 0 Å². The summed E-state index contributed by atoms with van der Waals surface area (Å²) in [6, 6.07) is -0.999. The lowest BCUT2D eigenvalue weighted by molar-refractivity contribution is -0.148. The summed E-state index contributed by atoms with van der Waals surface area (Å²) in [6.45, 7) is 2.08. The number of carboxylic acids is 1. The predicted molar refractivity (Wildman–Crippen MR) is 64.3 cm³/mol. The van der Waals surface area contributed by atoms with Crippen LogP contribution in [0.25, 0.3) is 0 Å². The van der Waals surface area contributed by atoms with E-state index in [1.165, 1.54) is 0 Å². The van der Waals surface area contributed by atoms with Crippen LogP contribution in [0.1, 0.15) is 12.7 Å². The van der Waals surface area contributed by atoms with Gasteiger partial charge >= 0.3 is 12.0 Å². The lowest BCUT2D eigenvalue weighted by atomic mass is 9.85. The molecule has 1 aliphatic heterocycles. The Morgan fingerprint density at radius 1 is 1.68 bits per heavy atom. The number of urea groups is 1. The van der Waals surface area contributed by atoms with Gasteiger partial charge in [-0.3, -0.25) is 4.79 Å². The minimum absolute atomic E-state index is 0.0888. The number of amides is 2. The van der Waals surface area contributed by atoms with Gasteiger partial charge < -0.3 is 25.5 Å². The van der Waals surface area contributed by atoms with Crippen molar-refractivity contribution in [3.05, 3.63) is 18.2 Å². The normalized spacial score (nSPS) is 26.1. The molecule has 1 aliphatic rings. The molecule has 0 radical (unpaired) electrons. The van der Waals surface area contributed by atoms with E-state index in [1.54, 1.807) is 19.3 Å². The minimum atomic E-state index is -1.10. The number of carbonyl (C=O) groups excluding carboxylic acids is 1. The summed E-state index contributed by atoms with van der Waals surface area (Å²) in [5, 5.41) is 14.4. The Labute approximate surface area is 109 Å². The molecule has 1 fully saturated rings. The van der Waals surface area contributed by atoms with Gasteiger partial charge in [0.2, 0.25) is 0 Å². The summed E-state index contributed by atoms with van der Waals surface area (Å²) < 4.78 is 5.14. The molecule has 0 spiro atoms. The highest BCUT2D eigenvalue weighted by atomic mass is 16.5. The molecule has 2 heterocycles. The number of aromatic amines is 1. The van der Waals surface area contributed by atoms with Crippen LogP contribution < -0.4 is 10.6 Å². The number of hydrogen-bond acceptors (Lipinski definition) is 4. The fourth-order valence-electron chi connectivity index (χ4n) is 1.85. The van der Waals surface area contributed by atoms with E-state index < -0.39 is 23.5 Å². The van der Waals surface area contributed by atoms with E-state index in [9.17, 15) is 9.59 Å². The zero-order chi connectivity index (χ0) is 13.9. The maximum absolute atomic E-state index is 11.7. The first-order valence-corrected chi connectivity index (χ1v) is 5.86. The number of hydrogen-bond donors (Lipinski definition) is 4. The third kappa shape index (κ3) is 2.84. The lowest BCUT2D eigenvalue weighted by Gasteiger charge is -2.25. The summed E-state index contributed by atoms with van der Waals surface area (Å²) in [6.07, 6.45) is 3.24. The average Bonchev–Trinajstić information content (AvgIpc) is 2.98. The molecule has 19 heavy (non-hydrogen) atoms. The average molecular weight is 268 g/mol. The van der Waals surface area contributed by atoms with Crippen molar-refractivity contribution in [3.63, 3.8) is 0 Å². The van der Waals surface area contributed by atoms with E-state index in [4.69, 9.17) is 9.84 Å². The largest absolute Gasteiger partial charge is 0.481 e. The Balaban J connectivity index is 1.86. The van der Waals surface area contributed by atoms with E-state index >= 15 is 0 Å². The van der Waals surface area contributed by atoms with Crippen molar-refractivity contribution in [1.29, 1.82) is 0 Å². The molecule has 1 saturated heterocycles. The highest BCUT2D eigenvalue weighted by molar-refractivity contribution is 5.79. The molecule has 2 unspecified atom stereocenters. The third-order valence-electron chi connectivity index (χ3n) is 3.22. The molecule has 0 bridgehead atoms. The van der Waals surface area contributed by atoms with Gasteiger partial charge in [-0.1, -0.05) is 0 Å². The van der Waals surface area contributed by atoms with Crippen LogP contribution in [0.3, 0.4) is 0 Å². The highest BCUT2D eigenvalue weighted by Gasteiger charge is 2.47. The second kappa shape index (κ2) is 5.27. The Morgan fingerprint density at radius 3 is 3.11 bits per heavy atom. The van der Waals surface area contributed by atoms with Crippen molar-refractivity contribution >= 4 is 12.0 Å². The molecule has 0 aliphatic carbocycles. The van der Waals surface area contributed by atoms with Crippen LogP contribution in [0.2, 0.25) is 0 Å². The van der Waals surface area contributed by atoms with E-state index in [0.717, 1.165) is 0 Å². The number of nitrogens with one attached hydrogen (secondary N) is 3. The first-order chi connectivity index (χ1) is 9.02. The van der Waals surface area contributed by atoms with Gasteiger partial charge in [0.25, 0.3) is 0 Å². The van der Waals surface area contributed by atoms with Crippen LogP contribution >= 0.6 is 0 Å². The molecule has 1 aromatic rings. The monoisotopic (exact) mass is 268 g/mol. The van der Waals surface area contributed by atoms with Crippen LogP contribution in [-0.2, 0) is 16.1 Å². The number of aromatic nitrogens is 2. The molecular weight excluding hydrogens is 252 g/mol. The first kappa shape index (κ1) is 13.3. The van der Waals surface area contributed by atoms with E-state index in [-0.39, 0.29) is 19.8 Å². The summed E-state index contributed by atoms with van der Waals surface area (Å²) in [5.74, 6) is -0.361. The van der Waals surface area contributed by atoms with Crippen molar-refractivity contribution in [2.75, 3.05) is 13.2 Å². The SMILES string of the molecule is CC1(C(=O)O)COCC1NC(=O)NCc1ncc[nH]1. The van der Waals surface area contributed by atoms with Gasteiger partial charge in [-0.05, 0) is 6.92 Å². The number of H-pyrrole nitrogens is 1. The summed E-state index contributed by atoms with van der Waals surface area (Å²) in [5.41, 5.74) is -1.10. The van der Waals surface area contributed by atoms with Crippen LogP contribution in [-0.4, -0.2) is 46.3 Å². The van der Waals surface area contributed by atoms with Gasteiger partial charge in [-0.25, -0.2) is 9.78 Å². The summed E-state index contributed by atoms with van der Waals surface area (Å²) >= 11 is 0. The lowest BCUT2D eigenvalue weighted by Crippen LogP contribution is -2.52. The molecule has 0 saturated carbocycles. The Morgan fingerprint density at radius 2 is 2.47 bits per heavy atom. The van der Waals surface area contributed by atoms with E-state index in [1.807, 2.05) is 0 Å². The number of aliphatic carboxylic acids is 1. The highest BCUT2D eigenvalue weighted by Crippen LogP contribution is 2.28. The van der Waals surface area contributed by atoms with Crippen molar-refractivity contribution in [1.82, 2.24) is 20.6 Å². The van der Waals surface area contributed by atoms with Crippen LogP contribution in [0.15, 0.2) is 12.4 Å². The predicted octanol–water partition coefficient (Wildman–Crippen LogP) is -0.301. The summed E-state index contributed by atoms with van der Waals surface area (Å²) in [7, 11) is 0. The number of carboxylic acid groups (broad SMARTS) is 1. The van der Waals surface area contributed by atoms with Gasteiger partial charge in [-0.2, -0.15) is 0 Å². The minimum Gasteiger partial charge on any atom is -0.481 e. The van der Waals surface area contributed by atoms with Gasteiger partial charge in [0, 0.05) is 12.4 Å². The first-order valence-electron chi connectivity index (χ1n) is 5.86. The number of imidazole rings is 1. The summed E-state index contributed by atoms with van der Waals surface area (Å²) in [4.78, 5) is 29.7. The van der Waals surface area contributed by atoms with Crippen LogP contribution in [0.4, 0.5) is 4.79 Å². The van der Waals surface area contributed by atoms with Crippen molar-refractivity contribution in [2.45, 2.75) is 19.5 Å². The molecule has 1 aromatic heterocycles. The zero-order valence-corrected chi connectivity index (χ0v) is 10.5. The van der Waals surface area contributed by atoms with Gasteiger partial charge in [0.1, 0.15) is 11.2 Å². The van der Waals surface area contributed by atoms with Crippen molar-refractivity contribution in [3.8, 4) is 0 Å². The quantitative estimate of drug-likeness (QED) is 0.598.